The van der Waals surface area contributed by atoms with E-state index in [9.17, 15) is 0 Å². The Hall–Kier alpha value is -0.730. The number of ether oxygens (including phenoxy) is 1. The summed E-state index contributed by atoms with van der Waals surface area (Å²) >= 11 is 6.22. The van der Waals surface area contributed by atoms with E-state index in [0.29, 0.717) is 18.2 Å². The molecule has 1 rings (SSSR count). The first kappa shape index (κ1) is 14.3. The van der Waals surface area contributed by atoms with Crippen LogP contribution in [0.3, 0.4) is 0 Å². The van der Waals surface area contributed by atoms with Crippen molar-refractivity contribution in [1.82, 2.24) is 0 Å². The van der Waals surface area contributed by atoms with E-state index in [2.05, 4.69) is 19.9 Å². The third-order valence-electron chi connectivity index (χ3n) is 3.59. The lowest BCUT2D eigenvalue weighted by atomic mass is 9.76. The molecule has 3 heteroatoms. The number of halogens is 1. The molecule has 0 aromatic heterocycles. The molecule has 0 heterocycles. The second-order valence-electron chi connectivity index (χ2n) is 4.27. The fraction of sp³-hybridized carbons (Fsp3) is 0.571. The van der Waals surface area contributed by atoms with Crippen LogP contribution in [0.2, 0.25) is 5.02 Å². The van der Waals surface area contributed by atoms with Crippen LogP contribution in [0.1, 0.15) is 39.2 Å². The van der Waals surface area contributed by atoms with Gasteiger partial charge in [-0.1, -0.05) is 31.5 Å². The lowest BCUT2D eigenvalue weighted by molar-refractivity contribution is 0.339. The molecule has 0 saturated heterocycles. The third kappa shape index (κ3) is 2.93. The van der Waals surface area contributed by atoms with E-state index in [1.54, 1.807) is 0 Å². The summed E-state index contributed by atoms with van der Waals surface area (Å²) in [5, 5.41) is 0.670. The molecule has 0 radical (unpaired) electrons. The van der Waals surface area contributed by atoms with Crippen molar-refractivity contribution in [3.63, 3.8) is 0 Å². The van der Waals surface area contributed by atoms with E-state index in [0.717, 1.165) is 18.6 Å². The maximum absolute atomic E-state index is 6.22. The molecule has 1 aromatic carbocycles. The molecule has 17 heavy (non-hydrogen) atoms. The van der Waals surface area contributed by atoms with Gasteiger partial charge in [0.2, 0.25) is 0 Å². The summed E-state index contributed by atoms with van der Waals surface area (Å²) in [5.74, 6) is 0.746. The van der Waals surface area contributed by atoms with Gasteiger partial charge >= 0.3 is 0 Å². The lowest BCUT2D eigenvalue weighted by Crippen LogP contribution is -2.33. The Labute approximate surface area is 109 Å². The Morgan fingerprint density at radius 3 is 2.29 bits per heavy atom. The molecule has 1 aromatic rings. The van der Waals surface area contributed by atoms with Gasteiger partial charge in [0.25, 0.3) is 0 Å². The maximum Gasteiger partial charge on any atom is 0.137 e. The number of hydrogen-bond acceptors (Lipinski definition) is 2. The van der Waals surface area contributed by atoms with Crippen LogP contribution in [0.4, 0.5) is 0 Å². The summed E-state index contributed by atoms with van der Waals surface area (Å²) in [6.45, 7) is 7.56. The number of rotatable bonds is 6. The minimum Gasteiger partial charge on any atom is -0.492 e. The molecule has 2 nitrogen and oxygen atoms in total. The summed E-state index contributed by atoms with van der Waals surface area (Å²) in [6, 6.07) is 6.01. The van der Waals surface area contributed by atoms with Crippen LogP contribution in [-0.4, -0.2) is 13.2 Å². The number of benzene rings is 1. The van der Waals surface area contributed by atoms with E-state index < -0.39 is 0 Å². The molecule has 96 valence electrons. The molecule has 0 atom stereocenters. The highest BCUT2D eigenvalue weighted by molar-refractivity contribution is 6.32. The zero-order valence-electron chi connectivity index (χ0n) is 10.9. The largest absolute Gasteiger partial charge is 0.492 e. The van der Waals surface area contributed by atoms with Gasteiger partial charge in [-0.05, 0) is 37.5 Å². The Bertz CT molecular complexity index is 353. The second-order valence-corrected chi connectivity index (χ2v) is 4.68. The summed E-state index contributed by atoms with van der Waals surface area (Å²) in [4.78, 5) is 0. The third-order valence-corrected chi connectivity index (χ3v) is 3.88. The van der Waals surface area contributed by atoms with Crippen LogP contribution < -0.4 is 10.5 Å². The summed E-state index contributed by atoms with van der Waals surface area (Å²) in [7, 11) is 0. The van der Waals surface area contributed by atoms with Crippen molar-refractivity contribution >= 4 is 11.6 Å². The monoisotopic (exact) mass is 255 g/mol. The van der Waals surface area contributed by atoms with E-state index in [4.69, 9.17) is 22.1 Å². The SMILES string of the molecule is CCOc1ccc(C(CC)(CC)CN)cc1Cl. The van der Waals surface area contributed by atoms with Gasteiger partial charge in [0, 0.05) is 12.0 Å². The molecule has 0 bridgehead atoms. The molecule has 0 spiro atoms. The van der Waals surface area contributed by atoms with Gasteiger partial charge in [0.15, 0.2) is 0 Å². The van der Waals surface area contributed by atoms with Gasteiger partial charge in [-0.3, -0.25) is 0 Å². The molecule has 0 aliphatic heterocycles. The second kappa shape index (κ2) is 6.27. The molecule has 2 N–H and O–H groups in total. The van der Waals surface area contributed by atoms with Crippen molar-refractivity contribution in [1.29, 1.82) is 0 Å². The summed E-state index contributed by atoms with van der Waals surface area (Å²) in [5.41, 5.74) is 7.18. The van der Waals surface area contributed by atoms with Crippen LogP contribution >= 0.6 is 11.6 Å². The average Bonchev–Trinajstić information content (AvgIpc) is 2.35. The maximum atomic E-state index is 6.22. The minimum atomic E-state index is 0.0361. The normalized spacial score (nSPS) is 11.6. The molecule has 0 aliphatic carbocycles. The molecule has 0 unspecified atom stereocenters. The van der Waals surface area contributed by atoms with Gasteiger partial charge in [0.05, 0.1) is 11.6 Å². The van der Waals surface area contributed by atoms with Gasteiger partial charge in [-0.25, -0.2) is 0 Å². The van der Waals surface area contributed by atoms with E-state index in [-0.39, 0.29) is 5.41 Å². The number of hydrogen-bond donors (Lipinski definition) is 1. The Kier molecular flexibility index (Phi) is 5.29. The smallest absolute Gasteiger partial charge is 0.137 e. The van der Waals surface area contributed by atoms with Gasteiger partial charge in [-0.2, -0.15) is 0 Å². The first-order valence-corrected chi connectivity index (χ1v) is 6.64. The predicted octanol–water partition coefficient (Wildman–Crippen LogP) is 3.76. The molecule has 0 fully saturated rings. The Morgan fingerprint density at radius 2 is 1.88 bits per heavy atom. The molecular weight excluding hydrogens is 234 g/mol. The van der Waals surface area contributed by atoms with Crippen molar-refractivity contribution < 1.29 is 4.74 Å². The topological polar surface area (TPSA) is 35.2 Å². The summed E-state index contributed by atoms with van der Waals surface area (Å²) in [6.07, 6.45) is 2.04. The Balaban J connectivity index is 3.10. The number of nitrogens with two attached hydrogens (primary N) is 1. The van der Waals surface area contributed by atoms with Crippen LogP contribution in [0.25, 0.3) is 0 Å². The van der Waals surface area contributed by atoms with Gasteiger partial charge in [-0.15, -0.1) is 0 Å². The first-order chi connectivity index (χ1) is 8.13. The van der Waals surface area contributed by atoms with Gasteiger partial charge < -0.3 is 10.5 Å². The van der Waals surface area contributed by atoms with Crippen molar-refractivity contribution in [3.05, 3.63) is 28.8 Å². The van der Waals surface area contributed by atoms with Gasteiger partial charge in [0.1, 0.15) is 5.75 Å². The molecule has 0 saturated carbocycles. The van der Waals surface area contributed by atoms with Crippen LogP contribution in [0.15, 0.2) is 18.2 Å². The molecule has 0 amide bonds. The Morgan fingerprint density at radius 1 is 1.24 bits per heavy atom. The highest BCUT2D eigenvalue weighted by atomic mass is 35.5. The van der Waals surface area contributed by atoms with Crippen molar-refractivity contribution in [2.75, 3.05) is 13.2 Å². The zero-order chi connectivity index (χ0) is 12.9. The molecular formula is C14H22ClNO. The van der Waals surface area contributed by atoms with Crippen molar-refractivity contribution in [2.24, 2.45) is 5.73 Å². The zero-order valence-corrected chi connectivity index (χ0v) is 11.7. The quantitative estimate of drug-likeness (QED) is 0.840. The lowest BCUT2D eigenvalue weighted by Gasteiger charge is -2.31. The summed E-state index contributed by atoms with van der Waals surface area (Å²) < 4.78 is 5.44. The predicted molar refractivity (Wildman–Crippen MR) is 73.9 cm³/mol. The fourth-order valence-electron chi connectivity index (χ4n) is 2.17. The molecule has 0 aliphatic rings. The fourth-order valence-corrected chi connectivity index (χ4v) is 2.40. The van der Waals surface area contributed by atoms with E-state index in [1.807, 2.05) is 19.1 Å². The van der Waals surface area contributed by atoms with E-state index in [1.165, 1.54) is 5.56 Å². The van der Waals surface area contributed by atoms with Crippen LogP contribution in [0, 0.1) is 0 Å². The minimum absolute atomic E-state index is 0.0361. The van der Waals surface area contributed by atoms with Crippen LogP contribution in [-0.2, 0) is 5.41 Å². The van der Waals surface area contributed by atoms with Crippen LogP contribution in [0.5, 0.6) is 5.75 Å². The average molecular weight is 256 g/mol. The first-order valence-electron chi connectivity index (χ1n) is 6.26. The standard InChI is InChI=1S/C14H22ClNO/c1-4-14(5-2,10-16)11-7-8-13(17-6-3)12(15)9-11/h7-9H,4-6,10,16H2,1-3H3. The highest BCUT2D eigenvalue weighted by Crippen LogP contribution is 2.35. The van der Waals surface area contributed by atoms with E-state index >= 15 is 0 Å². The van der Waals surface area contributed by atoms with Crippen molar-refractivity contribution in [2.45, 2.75) is 39.0 Å². The highest BCUT2D eigenvalue weighted by Gasteiger charge is 2.27. The van der Waals surface area contributed by atoms with Crippen molar-refractivity contribution in [3.8, 4) is 5.75 Å².